The summed E-state index contributed by atoms with van der Waals surface area (Å²) < 4.78 is 45.9. The van der Waals surface area contributed by atoms with Crippen LogP contribution in [-0.4, -0.2) is 17.9 Å². The summed E-state index contributed by atoms with van der Waals surface area (Å²) in [4.78, 5) is 11.8. The molecule has 3 nitrogen and oxygen atoms in total. The number of esters is 1. The Labute approximate surface area is 109 Å². The molecule has 0 aliphatic carbocycles. The maximum Gasteiger partial charge on any atom is 0.523 e. The number of halogens is 3. The quantitative estimate of drug-likeness (QED) is 0.791. The largest absolute Gasteiger partial charge is 0.523 e. The van der Waals surface area contributed by atoms with Crippen molar-refractivity contribution in [2.45, 2.75) is 38.8 Å². The number of hydrogen-bond acceptors (Lipinski definition) is 3. The molecular weight excluding hydrogens is 261 g/mol. The van der Waals surface area contributed by atoms with Gasteiger partial charge in [0.2, 0.25) is 0 Å². The Morgan fingerprint density at radius 3 is 2.05 bits per heavy atom. The highest BCUT2D eigenvalue weighted by Gasteiger charge is 2.39. The summed E-state index contributed by atoms with van der Waals surface area (Å²) in [6.45, 7) is 4.71. The number of ether oxygens (including phenoxy) is 2. The summed E-state index contributed by atoms with van der Waals surface area (Å²) in [7, 11) is 0. The molecule has 0 bridgehead atoms. The highest BCUT2D eigenvalue weighted by atomic mass is 19.4. The smallest absolute Gasteiger partial charge is 0.458 e. The van der Waals surface area contributed by atoms with E-state index in [9.17, 15) is 18.0 Å². The topological polar surface area (TPSA) is 35.5 Å². The van der Waals surface area contributed by atoms with Crippen LogP contribution < -0.4 is 0 Å². The second-order valence-corrected chi connectivity index (χ2v) is 4.89. The number of rotatable bonds is 3. The van der Waals surface area contributed by atoms with Gasteiger partial charge in [-0.1, -0.05) is 30.3 Å². The Bertz CT molecular complexity index is 421. The minimum Gasteiger partial charge on any atom is -0.458 e. The third-order valence-electron chi connectivity index (χ3n) is 1.97. The lowest BCUT2D eigenvalue weighted by Gasteiger charge is -2.24. The summed E-state index contributed by atoms with van der Waals surface area (Å²) in [5, 5.41) is 0. The van der Waals surface area contributed by atoms with Gasteiger partial charge >= 0.3 is 12.3 Å². The van der Waals surface area contributed by atoms with E-state index in [1.807, 2.05) is 0 Å². The number of alkyl halides is 3. The summed E-state index contributed by atoms with van der Waals surface area (Å²) in [6.07, 6.45) is -6.74. The van der Waals surface area contributed by atoms with E-state index >= 15 is 0 Å². The molecular formula is C13H15F3O3. The molecule has 1 unspecified atom stereocenters. The van der Waals surface area contributed by atoms with Crippen molar-refractivity contribution in [2.24, 2.45) is 0 Å². The Balaban J connectivity index is 2.97. The normalized spacial score (nSPS) is 14.0. The van der Waals surface area contributed by atoms with Gasteiger partial charge in [0.25, 0.3) is 0 Å². The molecule has 1 atom stereocenters. The van der Waals surface area contributed by atoms with Gasteiger partial charge in [-0.3, -0.25) is 4.74 Å². The van der Waals surface area contributed by atoms with Crippen molar-refractivity contribution in [1.29, 1.82) is 0 Å². The Morgan fingerprint density at radius 2 is 1.63 bits per heavy atom. The van der Waals surface area contributed by atoms with Crippen molar-refractivity contribution < 1.29 is 27.4 Å². The van der Waals surface area contributed by atoms with E-state index in [-0.39, 0.29) is 5.56 Å². The summed E-state index contributed by atoms with van der Waals surface area (Å²) in [6, 6.07) is 7.42. The van der Waals surface area contributed by atoms with E-state index in [0.717, 1.165) is 0 Å². The molecule has 0 saturated carbocycles. The fraction of sp³-hybridized carbons (Fsp3) is 0.462. The molecule has 0 fully saturated rings. The number of hydrogen-bond donors (Lipinski definition) is 0. The van der Waals surface area contributed by atoms with Gasteiger partial charge in [-0.25, -0.2) is 4.79 Å². The molecule has 0 spiro atoms. The Morgan fingerprint density at radius 1 is 1.11 bits per heavy atom. The molecule has 6 heteroatoms. The zero-order valence-electron chi connectivity index (χ0n) is 10.8. The predicted octanol–water partition coefficient (Wildman–Crippen LogP) is 3.61. The number of carbonyl (C=O) groups excluding carboxylic acids is 1. The first-order chi connectivity index (χ1) is 8.58. The first-order valence-electron chi connectivity index (χ1n) is 5.61. The molecule has 106 valence electrons. The van der Waals surface area contributed by atoms with Crippen molar-refractivity contribution in [3.8, 4) is 0 Å². The zero-order valence-corrected chi connectivity index (χ0v) is 10.8. The zero-order chi connectivity index (χ0) is 14.7. The van der Waals surface area contributed by atoms with Gasteiger partial charge in [0.05, 0.1) is 0 Å². The van der Waals surface area contributed by atoms with Crippen molar-refractivity contribution in [1.82, 2.24) is 0 Å². The van der Waals surface area contributed by atoms with E-state index in [1.54, 1.807) is 26.8 Å². The van der Waals surface area contributed by atoms with Crippen molar-refractivity contribution in [2.75, 3.05) is 0 Å². The molecule has 1 rings (SSSR count). The Hall–Kier alpha value is -1.56. The first kappa shape index (κ1) is 15.5. The van der Waals surface area contributed by atoms with Gasteiger partial charge in [-0.2, -0.15) is 0 Å². The SMILES string of the molecule is CC(C)(C)OC(=O)C(OC(F)(F)F)c1ccccc1. The van der Waals surface area contributed by atoms with E-state index in [1.165, 1.54) is 24.3 Å². The van der Waals surface area contributed by atoms with Crippen molar-refractivity contribution >= 4 is 5.97 Å². The molecule has 0 amide bonds. The third kappa shape index (κ3) is 5.74. The predicted molar refractivity (Wildman–Crippen MR) is 62.2 cm³/mol. The molecule has 19 heavy (non-hydrogen) atoms. The molecule has 0 aromatic heterocycles. The van der Waals surface area contributed by atoms with Crippen LogP contribution in [-0.2, 0) is 14.3 Å². The van der Waals surface area contributed by atoms with E-state index < -0.39 is 24.0 Å². The van der Waals surface area contributed by atoms with Gasteiger partial charge < -0.3 is 4.74 Å². The lowest BCUT2D eigenvalue weighted by atomic mass is 10.1. The monoisotopic (exact) mass is 276 g/mol. The molecule has 0 aliphatic rings. The fourth-order valence-corrected chi connectivity index (χ4v) is 1.37. The second kappa shape index (κ2) is 5.61. The third-order valence-corrected chi connectivity index (χ3v) is 1.97. The van der Waals surface area contributed by atoms with Crippen molar-refractivity contribution in [3.05, 3.63) is 35.9 Å². The van der Waals surface area contributed by atoms with Crippen LogP contribution in [0.5, 0.6) is 0 Å². The molecule has 0 aliphatic heterocycles. The van der Waals surface area contributed by atoms with Crippen LogP contribution in [0.1, 0.15) is 32.4 Å². The van der Waals surface area contributed by atoms with Crippen molar-refractivity contribution in [3.63, 3.8) is 0 Å². The Kier molecular flexibility index (Phi) is 4.57. The van der Waals surface area contributed by atoms with Crippen LogP contribution in [0.25, 0.3) is 0 Å². The number of benzene rings is 1. The fourth-order valence-electron chi connectivity index (χ4n) is 1.37. The van der Waals surface area contributed by atoms with Gasteiger partial charge in [0, 0.05) is 0 Å². The van der Waals surface area contributed by atoms with E-state index in [0.29, 0.717) is 0 Å². The van der Waals surface area contributed by atoms with Crippen LogP contribution in [0.2, 0.25) is 0 Å². The lowest BCUT2D eigenvalue weighted by molar-refractivity contribution is -0.343. The summed E-state index contributed by atoms with van der Waals surface area (Å²) in [5.41, 5.74) is -0.798. The molecule has 1 aromatic rings. The van der Waals surface area contributed by atoms with Gasteiger partial charge in [0.15, 0.2) is 6.10 Å². The summed E-state index contributed by atoms with van der Waals surface area (Å²) in [5.74, 6) is -1.07. The summed E-state index contributed by atoms with van der Waals surface area (Å²) >= 11 is 0. The standard InChI is InChI=1S/C13H15F3O3/c1-12(2,3)19-11(17)10(18-13(14,15)16)9-7-5-4-6-8-9/h4-8,10H,1-3H3. The average molecular weight is 276 g/mol. The van der Waals surface area contributed by atoms with Gasteiger partial charge in [-0.05, 0) is 26.3 Å². The maximum absolute atomic E-state index is 12.4. The van der Waals surface area contributed by atoms with Crippen LogP contribution in [0.15, 0.2) is 30.3 Å². The lowest BCUT2D eigenvalue weighted by Crippen LogP contribution is -2.31. The van der Waals surface area contributed by atoms with Crippen LogP contribution in [0.3, 0.4) is 0 Å². The second-order valence-electron chi connectivity index (χ2n) is 4.89. The van der Waals surface area contributed by atoms with E-state index in [4.69, 9.17) is 4.74 Å². The van der Waals surface area contributed by atoms with Gasteiger partial charge in [-0.15, -0.1) is 13.2 Å². The molecule has 0 N–H and O–H groups in total. The molecule has 0 heterocycles. The van der Waals surface area contributed by atoms with Crippen LogP contribution in [0, 0.1) is 0 Å². The highest BCUT2D eigenvalue weighted by Crippen LogP contribution is 2.29. The maximum atomic E-state index is 12.4. The average Bonchev–Trinajstić information content (AvgIpc) is 2.23. The highest BCUT2D eigenvalue weighted by molar-refractivity contribution is 5.77. The molecule has 0 radical (unpaired) electrons. The minimum absolute atomic E-state index is 0.0917. The molecule has 0 saturated heterocycles. The van der Waals surface area contributed by atoms with Crippen LogP contribution >= 0.6 is 0 Å². The van der Waals surface area contributed by atoms with Crippen LogP contribution in [0.4, 0.5) is 13.2 Å². The number of carbonyl (C=O) groups is 1. The molecule has 1 aromatic carbocycles. The first-order valence-corrected chi connectivity index (χ1v) is 5.61. The van der Waals surface area contributed by atoms with Gasteiger partial charge in [0.1, 0.15) is 5.60 Å². The minimum atomic E-state index is -4.92. The van der Waals surface area contributed by atoms with E-state index in [2.05, 4.69) is 4.74 Å².